The van der Waals surface area contributed by atoms with Gasteiger partial charge in [-0.3, -0.25) is 9.10 Å². The van der Waals surface area contributed by atoms with Crippen LogP contribution in [0, 0.1) is 6.92 Å². The minimum absolute atomic E-state index is 0.0734. The van der Waals surface area contributed by atoms with Crippen LogP contribution in [-0.4, -0.2) is 47.7 Å². The number of carbonyl (C=O) groups is 1. The third kappa shape index (κ3) is 7.64. The summed E-state index contributed by atoms with van der Waals surface area (Å²) in [7, 11) is -1.15. The normalized spacial score (nSPS) is 11.2. The summed E-state index contributed by atoms with van der Waals surface area (Å²) in [6, 6.07) is 19.2. The second kappa shape index (κ2) is 13.2. The molecule has 0 radical (unpaired) electrons. The van der Waals surface area contributed by atoms with Crippen LogP contribution in [0.2, 0.25) is 0 Å². The number of ether oxygens (including phenoxy) is 3. The number of carbonyl (C=O) groups excluding carboxylic acids is 1. The largest absolute Gasteiger partial charge is 0.497 e. The Bertz CT molecular complexity index is 1320. The predicted octanol–water partition coefficient (Wildman–Crippen LogP) is 4.74. The minimum atomic E-state index is -4.09. The Hall–Kier alpha value is -3.72. The summed E-state index contributed by atoms with van der Waals surface area (Å²) >= 11 is 0. The fourth-order valence-corrected chi connectivity index (χ4v) is 5.31. The molecule has 0 saturated carbocycles. The van der Waals surface area contributed by atoms with Crippen molar-refractivity contribution in [1.29, 1.82) is 0 Å². The van der Waals surface area contributed by atoms with Crippen molar-refractivity contribution in [2.75, 3.05) is 31.6 Å². The molecule has 38 heavy (non-hydrogen) atoms. The van der Waals surface area contributed by atoms with Gasteiger partial charge in [-0.15, -0.1) is 0 Å². The summed E-state index contributed by atoms with van der Waals surface area (Å²) in [4.78, 5) is 13.1. The molecule has 0 aliphatic carbocycles. The van der Waals surface area contributed by atoms with E-state index in [-0.39, 0.29) is 16.7 Å². The number of rotatable bonds is 13. The highest BCUT2D eigenvalue weighted by atomic mass is 32.2. The summed E-state index contributed by atoms with van der Waals surface area (Å²) in [6.45, 7) is 5.80. The van der Waals surface area contributed by atoms with E-state index in [0.717, 1.165) is 27.6 Å². The number of sulfonamides is 1. The van der Waals surface area contributed by atoms with Gasteiger partial charge in [-0.05, 0) is 75.6 Å². The van der Waals surface area contributed by atoms with Crippen molar-refractivity contribution in [3.63, 3.8) is 0 Å². The molecule has 0 aliphatic heterocycles. The Balaban J connectivity index is 1.76. The first kappa shape index (κ1) is 28.8. The fourth-order valence-electron chi connectivity index (χ4n) is 3.88. The number of anilines is 1. The van der Waals surface area contributed by atoms with E-state index >= 15 is 0 Å². The smallest absolute Gasteiger partial charge is 0.264 e. The Kier molecular flexibility index (Phi) is 10.0. The highest BCUT2D eigenvalue weighted by Crippen LogP contribution is 2.35. The molecule has 0 heterocycles. The van der Waals surface area contributed by atoms with Crippen molar-refractivity contribution in [3.8, 4) is 17.2 Å². The van der Waals surface area contributed by atoms with E-state index in [1.807, 2.05) is 45.0 Å². The molecule has 3 aromatic rings. The van der Waals surface area contributed by atoms with Gasteiger partial charge < -0.3 is 19.5 Å². The quantitative estimate of drug-likeness (QED) is 0.315. The lowest BCUT2D eigenvalue weighted by Gasteiger charge is -2.26. The first-order valence-corrected chi connectivity index (χ1v) is 13.9. The van der Waals surface area contributed by atoms with Crippen LogP contribution < -0.4 is 23.8 Å². The Labute approximate surface area is 225 Å². The zero-order chi connectivity index (χ0) is 27.7. The number of nitrogens with one attached hydrogen (secondary N) is 1. The van der Waals surface area contributed by atoms with Gasteiger partial charge >= 0.3 is 0 Å². The molecule has 0 atom stereocenters. The van der Waals surface area contributed by atoms with E-state index in [9.17, 15) is 13.2 Å². The molecule has 1 amide bonds. The number of nitrogens with zero attached hydrogens (tertiary/aromatic N) is 1. The van der Waals surface area contributed by atoms with E-state index in [1.54, 1.807) is 30.3 Å². The van der Waals surface area contributed by atoms with Gasteiger partial charge in [-0.2, -0.15) is 0 Å². The van der Waals surface area contributed by atoms with Crippen molar-refractivity contribution < 1.29 is 27.4 Å². The summed E-state index contributed by atoms with van der Waals surface area (Å²) in [6.07, 6.45) is 1.52. The van der Waals surface area contributed by atoms with E-state index in [2.05, 4.69) is 5.32 Å². The zero-order valence-electron chi connectivity index (χ0n) is 22.6. The maximum atomic E-state index is 13.7. The number of aryl methyl sites for hydroxylation is 2. The first-order chi connectivity index (χ1) is 18.1. The molecule has 1 N–H and O–H groups in total. The van der Waals surface area contributed by atoms with Gasteiger partial charge in [0.2, 0.25) is 5.91 Å². The molecule has 0 spiro atoms. The second-order valence-electron chi connectivity index (χ2n) is 9.13. The average Bonchev–Trinajstić information content (AvgIpc) is 2.89. The molecule has 8 nitrogen and oxygen atoms in total. The Morgan fingerprint density at radius 3 is 2.34 bits per heavy atom. The molecule has 204 valence electrons. The van der Waals surface area contributed by atoms with Crippen LogP contribution in [-0.2, 0) is 21.2 Å². The van der Waals surface area contributed by atoms with Crippen LogP contribution in [0.1, 0.15) is 31.4 Å². The van der Waals surface area contributed by atoms with Crippen molar-refractivity contribution in [2.24, 2.45) is 0 Å². The lowest BCUT2D eigenvalue weighted by atomic mass is 10.1. The SMILES string of the molecule is COc1ccc(OC)c(N(CC(=O)NCCCc2cccc(OC(C)C)c2)S(=O)(=O)c2ccc(C)cc2)c1. The third-order valence-corrected chi connectivity index (χ3v) is 7.56. The van der Waals surface area contributed by atoms with Gasteiger partial charge in [-0.25, -0.2) is 8.42 Å². The summed E-state index contributed by atoms with van der Waals surface area (Å²) < 4.78 is 45.0. The van der Waals surface area contributed by atoms with Gasteiger partial charge in [0.15, 0.2) is 0 Å². The Morgan fingerprint density at radius 2 is 1.68 bits per heavy atom. The van der Waals surface area contributed by atoms with Crippen molar-refractivity contribution in [1.82, 2.24) is 5.32 Å². The molecule has 0 aliphatic rings. The summed E-state index contributed by atoms with van der Waals surface area (Å²) in [5.41, 5.74) is 2.24. The lowest BCUT2D eigenvalue weighted by Crippen LogP contribution is -2.41. The monoisotopic (exact) mass is 540 g/mol. The molecule has 3 rings (SSSR count). The average molecular weight is 541 g/mol. The van der Waals surface area contributed by atoms with Crippen molar-refractivity contribution >= 4 is 21.6 Å². The number of hydrogen-bond donors (Lipinski definition) is 1. The van der Waals surface area contributed by atoms with Gasteiger partial charge in [0.05, 0.1) is 30.9 Å². The summed E-state index contributed by atoms with van der Waals surface area (Å²) in [5.74, 6) is 1.12. The Morgan fingerprint density at radius 1 is 0.947 bits per heavy atom. The van der Waals surface area contributed by atoms with E-state index in [4.69, 9.17) is 14.2 Å². The van der Waals surface area contributed by atoms with Crippen LogP contribution in [0.25, 0.3) is 0 Å². The van der Waals surface area contributed by atoms with Gasteiger partial charge in [0, 0.05) is 12.6 Å². The van der Waals surface area contributed by atoms with E-state index in [1.165, 1.54) is 26.4 Å². The molecule has 0 saturated heterocycles. The highest BCUT2D eigenvalue weighted by molar-refractivity contribution is 7.92. The van der Waals surface area contributed by atoms with Crippen LogP contribution >= 0.6 is 0 Å². The zero-order valence-corrected chi connectivity index (χ0v) is 23.4. The topological polar surface area (TPSA) is 94.2 Å². The molecule has 0 bridgehead atoms. The van der Waals surface area contributed by atoms with Gasteiger partial charge in [-0.1, -0.05) is 29.8 Å². The summed E-state index contributed by atoms with van der Waals surface area (Å²) in [5, 5.41) is 2.85. The van der Waals surface area contributed by atoms with Crippen LogP contribution in [0.4, 0.5) is 5.69 Å². The molecule has 0 unspecified atom stereocenters. The van der Waals surface area contributed by atoms with Gasteiger partial charge in [0.25, 0.3) is 10.0 Å². The maximum Gasteiger partial charge on any atom is 0.264 e. The van der Waals surface area contributed by atoms with E-state index in [0.29, 0.717) is 24.5 Å². The van der Waals surface area contributed by atoms with Crippen molar-refractivity contribution in [3.05, 3.63) is 77.9 Å². The minimum Gasteiger partial charge on any atom is -0.497 e. The van der Waals surface area contributed by atoms with E-state index < -0.39 is 22.5 Å². The molecule has 3 aromatic carbocycles. The molecular formula is C29H36N2O6S. The molecule has 9 heteroatoms. The standard InChI is InChI=1S/C29H36N2O6S/c1-21(2)37-25-10-6-8-23(18-25)9-7-17-30-29(32)20-31(27-19-24(35-4)13-16-28(27)36-5)38(33,34)26-14-11-22(3)12-15-26/h6,8,10-16,18-19,21H,7,9,17,20H2,1-5H3,(H,30,32). The van der Waals surface area contributed by atoms with Crippen LogP contribution in [0.3, 0.4) is 0 Å². The van der Waals surface area contributed by atoms with Crippen molar-refractivity contribution in [2.45, 2.75) is 44.6 Å². The van der Waals surface area contributed by atoms with Gasteiger partial charge in [0.1, 0.15) is 23.8 Å². The third-order valence-electron chi connectivity index (χ3n) is 5.79. The highest BCUT2D eigenvalue weighted by Gasteiger charge is 2.30. The van der Waals surface area contributed by atoms with Crippen LogP contribution in [0.5, 0.6) is 17.2 Å². The molecule has 0 fully saturated rings. The second-order valence-corrected chi connectivity index (χ2v) is 11.0. The number of hydrogen-bond acceptors (Lipinski definition) is 6. The maximum absolute atomic E-state index is 13.7. The fraction of sp³-hybridized carbons (Fsp3) is 0.345. The molecule has 0 aromatic heterocycles. The first-order valence-electron chi connectivity index (χ1n) is 12.5. The number of methoxy groups -OCH3 is 2. The lowest BCUT2D eigenvalue weighted by molar-refractivity contribution is -0.119. The number of benzene rings is 3. The number of amides is 1. The molecular weight excluding hydrogens is 504 g/mol. The predicted molar refractivity (Wildman–Crippen MR) is 149 cm³/mol. The van der Waals surface area contributed by atoms with Crippen LogP contribution in [0.15, 0.2) is 71.6 Å².